The minimum absolute atomic E-state index is 0.0882. The lowest BCUT2D eigenvalue weighted by Gasteiger charge is -2.27. The van der Waals surface area contributed by atoms with Crippen LogP contribution in [0.5, 0.6) is 0 Å². The molecule has 182 valence electrons. The van der Waals surface area contributed by atoms with Gasteiger partial charge in [-0.05, 0) is 37.7 Å². The molecule has 1 fully saturated rings. The molecule has 0 saturated carbocycles. The van der Waals surface area contributed by atoms with Gasteiger partial charge in [0.15, 0.2) is 0 Å². The first-order valence-electron chi connectivity index (χ1n) is 12.4. The van der Waals surface area contributed by atoms with E-state index in [-0.39, 0.29) is 18.4 Å². The molecule has 1 aromatic carbocycles. The van der Waals surface area contributed by atoms with Crippen LogP contribution in [0.15, 0.2) is 30.3 Å². The maximum Gasteiger partial charge on any atom is 0.289 e. The van der Waals surface area contributed by atoms with Gasteiger partial charge in [-0.3, -0.25) is 19.2 Å². The molecule has 0 bridgehead atoms. The molecule has 3 amide bonds. The number of amides is 3. The van der Waals surface area contributed by atoms with Gasteiger partial charge in [-0.15, -0.1) is 0 Å². The van der Waals surface area contributed by atoms with Gasteiger partial charge in [-0.1, -0.05) is 63.4 Å². The zero-order valence-corrected chi connectivity index (χ0v) is 20.1. The summed E-state index contributed by atoms with van der Waals surface area (Å²) < 4.78 is 0. The van der Waals surface area contributed by atoms with Crippen molar-refractivity contribution >= 4 is 23.5 Å². The van der Waals surface area contributed by atoms with Gasteiger partial charge in [0, 0.05) is 32.0 Å². The SMILES string of the molecule is CCCCC[C@H](NC(=O)[C@@H](C)CCC(=O)N1CCCCC1)C(=O)C(=O)NCc1ccccc1. The van der Waals surface area contributed by atoms with Crippen molar-refractivity contribution in [2.45, 2.75) is 84.2 Å². The molecule has 2 atom stereocenters. The van der Waals surface area contributed by atoms with Crippen molar-refractivity contribution in [3.05, 3.63) is 35.9 Å². The van der Waals surface area contributed by atoms with Crippen molar-refractivity contribution in [1.82, 2.24) is 15.5 Å². The van der Waals surface area contributed by atoms with E-state index >= 15 is 0 Å². The Labute approximate surface area is 197 Å². The predicted molar refractivity (Wildman–Crippen MR) is 128 cm³/mol. The zero-order valence-electron chi connectivity index (χ0n) is 20.1. The standard InChI is InChI=1S/C26H39N3O4/c1-3-4-7-14-22(24(31)26(33)27-19-21-12-8-5-9-13-21)28-25(32)20(2)15-16-23(30)29-17-10-6-11-18-29/h5,8-9,12-13,20,22H,3-4,6-7,10-11,14-19H2,1-2H3,(H,27,33)(H,28,32)/t20-,22-/m0/s1. The molecular weight excluding hydrogens is 418 g/mol. The summed E-state index contributed by atoms with van der Waals surface area (Å²) in [4.78, 5) is 52.3. The first kappa shape index (κ1) is 26.6. The summed E-state index contributed by atoms with van der Waals surface area (Å²) >= 11 is 0. The van der Waals surface area contributed by atoms with Crippen molar-refractivity contribution in [3.63, 3.8) is 0 Å². The van der Waals surface area contributed by atoms with Crippen LogP contribution >= 0.6 is 0 Å². The van der Waals surface area contributed by atoms with E-state index in [1.165, 1.54) is 0 Å². The fraction of sp³-hybridized carbons (Fsp3) is 0.615. The van der Waals surface area contributed by atoms with Gasteiger partial charge in [-0.2, -0.15) is 0 Å². The van der Waals surface area contributed by atoms with Gasteiger partial charge in [0.25, 0.3) is 5.91 Å². The van der Waals surface area contributed by atoms with Crippen LogP contribution in [0.1, 0.15) is 77.2 Å². The summed E-state index contributed by atoms with van der Waals surface area (Å²) in [5.41, 5.74) is 0.900. The molecule has 1 aliphatic heterocycles. The number of unbranched alkanes of at least 4 members (excludes halogenated alkanes) is 2. The highest BCUT2D eigenvalue weighted by Crippen LogP contribution is 2.14. The predicted octanol–water partition coefficient (Wildman–Crippen LogP) is 3.37. The van der Waals surface area contributed by atoms with Crippen LogP contribution in [0, 0.1) is 5.92 Å². The molecule has 1 aromatic rings. The fourth-order valence-electron chi connectivity index (χ4n) is 3.98. The molecule has 0 aliphatic carbocycles. The highest BCUT2D eigenvalue weighted by molar-refractivity contribution is 6.38. The van der Waals surface area contributed by atoms with Crippen LogP contribution in [0.25, 0.3) is 0 Å². The topological polar surface area (TPSA) is 95.6 Å². The summed E-state index contributed by atoms with van der Waals surface area (Å²) in [6.45, 7) is 5.68. The van der Waals surface area contributed by atoms with E-state index in [4.69, 9.17) is 0 Å². The molecule has 0 spiro atoms. The van der Waals surface area contributed by atoms with Crippen LogP contribution in [-0.2, 0) is 25.7 Å². The Kier molecular flexibility index (Phi) is 11.6. The molecule has 0 unspecified atom stereocenters. The molecule has 33 heavy (non-hydrogen) atoms. The summed E-state index contributed by atoms with van der Waals surface area (Å²) in [7, 11) is 0. The van der Waals surface area contributed by atoms with Crippen molar-refractivity contribution in [1.29, 1.82) is 0 Å². The number of likely N-dealkylation sites (tertiary alicyclic amines) is 1. The number of nitrogens with zero attached hydrogens (tertiary/aromatic N) is 1. The quantitative estimate of drug-likeness (QED) is 0.351. The average molecular weight is 458 g/mol. The van der Waals surface area contributed by atoms with Gasteiger partial charge >= 0.3 is 0 Å². The second-order valence-corrected chi connectivity index (χ2v) is 8.97. The Morgan fingerprint density at radius 1 is 0.970 bits per heavy atom. The highest BCUT2D eigenvalue weighted by atomic mass is 16.2. The van der Waals surface area contributed by atoms with E-state index in [1.54, 1.807) is 6.92 Å². The van der Waals surface area contributed by atoms with E-state index in [9.17, 15) is 19.2 Å². The summed E-state index contributed by atoms with van der Waals surface area (Å²) in [5.74, 6) is -1.91. The van der Waals surface area contributed by atoms with Crippen LogP contribution in [0.4, 0.5) is 0 Å². The Balaban J connectivity index is 1.87. The van der Waals surface area contributed by atoms with E-state index in [1.807, 2.05) is 35.2 Å². The van der Waals surface area contributed by atoms with E-state index < -0.39 is 23.7 Å². The number of nitrogens with one attached hydrogen (secondary N) is 2. The van der Waals surface area contributed by atoms with Gasteiger partial charge in [0.05, 0.1) is 6.04 Å². The van der Waals surface area contributed by atoms with Crippen LogP contribution in [-0.4, -0.2) is 47.5 Å². The Hall–Kier alpha value is -2.70. The monoisotopic (exact) mass is 457 g/mol. The minimum Gasteiger partial charge on any atom is -0.345 e. The Morgan fingerprint density at radius 2 is 1.67 bits per heavy atom. The lowest BCUT2D eigenvalue weighted by molar-refractivity contribution is -0.140. The molecule has 1 saturated heterocycles. The average Bonchev–Trinajstić information content (AvgIpc) is 2.85. The molecule has 7 nitrogen and oxygen atoms in total. The summed E-state index contributed by atoms with van der Waals surface area (Å²) in [5, 5.41) is 5.44. The summed E-state index contributed by atoms with van der Waals surface area (Å²) in [6, 6.07) is 8.52. The van der Waals surface area contributed by atoms with E-state index in [0.717, 1.165) is 57.2 Å². The first-order chi connectivity index (χ1) is 15.9. The van der Waals surface area contributed by atoms with Crippen LogP contribution in [0.3, 0.4) is 0 Å². The van der Waals surface area contributed by atoms with Crippen LogP contribution in [0.2, 0.25) is 0 Å². The highest BCUT2D eigenvalue weighted by Gasteiger charge is 2.28. The zero-order chi connectivity index (χ0) is 24.1. The van der Waals surface area contributed by atoms with Crippen molar-refractivity contribution in [3.8, 4) is 0 Å². The second-order valence-electron chi connectivity index (χ2n) is 8.97. The lowest BCUT2D eigenvalue weighted by Crippen LogP contribution is -2.48. The molecule has 7 heteroatoms. The maximum atomic E-state index is 12.8. The number of Topliss-reactive ketones (excluding diaryl/α,β-unsaturated/α-hetero) is 1. The lowest BCUT2D eigenvalue weighted by atomic mass is 10.00. The number of carbonyl (C=O) groups is 4. The van der Waals surface area contributed by atoms with Crippen LogP contribution < -0.4 is 10.6 Å². The van der Waals surface area contributed by atoms with Crippen molar-refractivity contribution in [2.75, 3.05) is 13.1 Å². The third-order valence-corrected chi connectivity index (χ3v) is 6.20. The summed E-state index contributed by atoms with van der Waals surface area (Å²) in [6.07, 6.45) is 7.06. The van der Waals surface area contributed by atoms with Crippen molar-refractivity contribution in [2.24, 2.45) is 5.92 Å². The number of benzene rings is 1. The molecule has 1 aliphatic rings. The number of ketones is 1. The van der Waals surface area contributed by atoms with Gasteiger partial charge in [0.1, 0.15) is 0 Å². The third kappa shape index (κ3) is 9.36. The molecule has 2 N–H and O–H groups in total. The van der Waals surface area contributed by atoms with Gasteiger partial charge < -0.3 is 15.5 Å². The first-order valence-corrected chi connectivity index (χ1v) is 12.4. The molecule has 1 heterocycles. The fourth-order valence-corrected chi connectivity index (χ4v) is 3.98. The Morgan fingerprint density at radius 3 is 2.33 bits per heavy atom. The second kappa shape index (κ2) is 14.4. The largest absolute Gasteiger partial charge is 0.345 e. The van der Waals surface area contributed by atoms with E-state index in [0.29, 0.717) is 19.3 Å². The van der Waals surface area contributed by atoms with Gasteiger partial charge in [0.2, 0.25) is 17.6 Å². The van der Waals surface area contributed by atoms with Crippen molar-refractivity contribution < 1.29 is 19.2 Å². The van der Waals surface area contributed by atoms with Gasteiger partial charge in [-0.25, -0.2) is 0 Å². The molecular formula is C26H39N3O4. The number of carbonyl (C=O) groups excluding carboxylic acids is 4. The number of hydrogen-bond acceptors (Lipinski definition) is 4. The Bertz CT molecular complexity index is 775. The molecule has 2 rings (SSSR count). The number of rotatable bonds is 13. The minimum atomic E-state index is -0.847. The number of hydrogen-bond donors (Lipinski definition) is 2. The van der Waals surface area contributed by atoms with E-state index in [2.05, 4.69) is 17.6 Å². The molecule has 0 aromatic heterocycles. The smallest absolute Gasteiger partial charge is 0.289 e. The normalized spacial score (nSPS) is 15.4. The molecule has 0 radical (unpaired) electrons. The maximum absolute atomic E-state index is 12.8. The number of piperidine rings is 1. The third-order valence-electron chi connectivity index (χ3n) is 6.20.